The Morgan fingerprint density at radius 2 is 2.31 bits per heavy atom. The van der Waals surface area contributed by atoms with Crippen molar-refractivity contribution in [2.45, 2.75) is 26.2 Å². The van der Waals surface area contributed by atoms with Gasteiger partial charge in [0.25, 0.3) is 0 Å². The maximum atomic E-state index is 10.4. The van der Waals surface area contributed by atoms with Crippen LogP contribution in [0.1, 0.15) is 24.5 Å². The summed E-state index contributed by atoms with van der Waals surface area (Å²) in [4.78, 5) is 14.3. The van der Waals surface area contributed by atoms with E-state index in [-0.39, 0.29) is 6.42 Å². The number of carbonyl (C=O) groups is 1. The molecule has 0 unspecified atom stereocenters. The van der Waals surface area contributed by atoms with Crippen molar-refractivity contribution < 1.29 is 9.90 Å². The summed E-state index contributed by atoms with van der Waals surface area (Å²) in [5.74, 6) is -0.758. The summed E-state index contributed by atoms with van der Waals surface area (Å²) < 4.78 is 0. The predicted octanol–water partition coefficient (Wildman–Crippen LogP) is 1.66. The first-order valence-corrected chi connectivity index (χ1v) is 4.37. The first kappa shape index (κ1) is 9.71. The van der Waals surface area contributed by atoms with Gasteiger partial charge in [-0.25, -0.2) is 0 Å². The highest BCUT2D eigenvalue weighted by atomic mass is 16.4. The van der Waals surface area contributed by atoms with Crippen LogP contribution in [0.2, 0.25) is 0 Å². The van der Waals surface area contributed by atoms with Gasteiger partial charge < -0.3 is 5.11 Å². The number of carboxylic acids is 1. The number of pyridine rings is 1. The van der Waals surface area contributed by atoms with Gasteiger partial charge in [-0.15, -0.1) is 0 Å². The highest BCUT2D eigenvalue weighted by Crippen LogP contribution is 2.09. The standard InChI is InChI=1S/C10H13NO2/c1-2-8-5-6-11-7-9(8)3-4-10(12)13/h5-7H,2-4H2,1H3,(H,12,13). The quantitative estimate of drug-likeness (QED) is 0.764. The first-order chi connectivity index (χ1) is 6.24. The van der Waals surface area contributed by atoms with E-state index < -0.39 is 5.97 Å². The van der Waals surface area contributed by atoms with Crippen molar-refractivity contribution in [2.75, 3.05) is 0 Å². The first-order valence-electron chi connectivity index (χ1n) is 4.37. The lowest BCUT2D eigenvalue weighted by Gasteiger charge is -2.04. The molecule has 0 saturated heterocycles. The Labute approximate surface area is 77.4 Å². The summed E-state index contributed by atoms with van der Waals surface area (Å²) in [6.45, 7) is 2.06. The van der Waals surface area contributed by atoms with E-state index >= 15 is 0 Å². The summed E-state index contributed by atoms with van der Waals surface area (Å²) in [5, 5.41) is 8.52. The molecule has 0 radical (unpaired) electrons. The van der Waals surface area contributed by atoms with Crippen LogP contribution in [0.15, 0.2) is 18.5 Å². The molecule has 1 aromatic rings. The summed E-state index contributed by atoms with van der Waals surface area (Å²) in [7, 11) is 0. The van der Waals surface area contributed by atoms with E-state index in [2.05, 4.69) is 11.9 Å². The number of carboxylic acid groups (broad SMARTS) is 1. The van der Waals surface area contributed by atoms with Crippen molar-refractivity contribution in [1.29, 1.82) is 0 Å². The number of rotatable bonds is 4. The Hall–Kier alpha value is -1.38. The fraction of sp³-hybridized carbons (Fsp3) is 0.400. The maximum absolute atomic E-state index is 10.4. The number of hydrogen-bond donors (Lipinski definition) is 1. The van der Waals surface area contributed by atoms with Crippen LogP contribution in [0.5, 0.6) is 0 Å². The van der Waals surface area contributed by atoms with E-state index in [4.69, 9.17) is 5.11 Å². The van der Waals surface area contributed by atoms with E-state index in [1.165, 1.54) is 5.56 Å². The van der Waals surface area contributed by atoms with Crippen LogP contribution in [-0.4, -0.2) is 16.1 Å². The van der Waals surface area contributed by atoms with E-state index in [1.807, 2.05) is 6.07 Å². The van der Waals surface area contributed by atoms with Gasteiger partial charge in [0.15, 0.2) is 0 Å². The van der Waals surface area contributed by atoms with Gasteiger partial charge in [0.1, 0.15) is 0 Å². The summed E-state index contributed by atoms with van der Waals surface area (Å²) in [6, 6.07) is 1.94. The largest absolute Gasteiger partial charge is 0.481 e. The van der Waals surface area contributed by atoms with Crippen LogP contribution in [0, 0.1) is 0 Å². The SMILES string of the molecule is CCc1ccncc1CCC(=O)O. The molecule has 1 N–H and O–H groups in total. The third-order valence-electron chi connectivity index (χ3n) is 1.99. The molecule has 3 nitrogen and oxygen atoms in total. The minimum absolute atomic E-state index is 0.179. The highest BCUT2D eigenvalue weighted by Gasteiger charge is 2.02. The second-order valence-electron chi connectivity index (χ2n) is 2.89. The van der Waals surface area contributed by atoms with Crippen LogP contribution < -0.4 is 0 Å². The monoisotopic (exact) mass is 179 g/mol. The van der Waals surface area contributed by atoms with Crippen molar-refractivity contribution in [2.24, 2.45) is 0 Å². The Kier molecular flexibility index (Phi) is 3.43. The molecule has 0 saturated carbocycles. The molecule has 70 valence electrons. The highest BCUT2D eigenvalue weighted by molar-refractivity contribution is 5.67. The van der Waals surface area contributed by atoms with Gasteiger partial charge in [-0.1, -0.05) is 6.92 Å². The zero-order valence-electron chi connectivity index (χ0n) is 7.66. The Bertz CT molecular complexity index is 297. The van der Waals surface area contributed by atoms with Gasteiger partial charge in [-0.3, -0.25) is 9.78 Å². The molecular weight excluding hydrogens is 166 g/mol. The number of nitrogens with zero attached hydrogens (tertiary/aromatic N) is 1. The molecule has 0 aliphatic carbocycles. The fourth-order valence-corrected chi connectivity index (χ4v) is 1.27. The molecule has 0 amide bonds. The topological polar surface area (TPSA) is 50.2 Å². The van der Waals surface area contributed by atoms with Gasteiger partial charge >= 0.3 is 5.97 Å². The second kappa shape index (κ2) is 4.60. The molecular formula is C10H13NO2. The van der Waals surface area contributed by atoms with Gasteiger partial charge in [-0.2, -0.15) is 0 Å². The van der Waals surface area contributed by atoms with Crippen molar-refractivity contribution in [3.63, 3.8) is 0 Å². The minimum atomic E-state index is -0.758. The Morgan fingerprint density at radius 1 is 1.54 bits per heavy atom. The lowest BCUT2D eigenvalue weighted by atomic mass is 10.0. The zero-order valence-corrected chi connectivity index (χ0v) is 7.66. The molecule has 0 bridgehead atoms. The van der Waals surface area contributed by atoms with Crippen molar-refractivity contribution in [3.8, 4) is 0 Å². The third kappa shape index (κ3) is 2.86. The average Bonchev–Trinajstić information content (AvgIpc) is 2.15. The normalized spacial score (nSPS) is 9.92. The summed E-state index contributed by atoms with van der Waals surface area (Å²) in [6.07, 6.45) is 5.17. The zero-order chi connectivity index (χ0) is 9.68. The molecule has 0 aromatic carbocycles. The number of aryl methyl sites for hydroxylation is 2. The average molecular weight is 179 g/mol. The van der Waals surface area contributed by atoms with Crippen LogP contribution in [0.3, 0.4) is 0 Å². The smallest absolute Gasteiger partial charge is 0.303 e. The lowest BCUT2D eigenvalue weighted by molar-refractivity contribution is -0.136. The van der Waals surface area contributed by atoms with Crippen LogP contribution in [0.4, 0.5) is 0 Å². The van der Waals surface area contributed by atoms with E-state index in [1.54, 1.807) is 12.4 Å². The summed E-state index contributed by atoms with van der Waals surface area (Å²) in [5.41, 5.74) is 2.24. The van der Waals surface area contributed by atoms with Gasteiger partial charge in [-0.05, 0) is 30.0 Å². The molecule has 1 aromatic heterocycles. The lowest BCUT2D eigenvalue weighted by Crippen LogP contribution is -2.00. The maximum Gasteiger partial charge on any atom is 0.303 e. The van der Waals surface area contributed by atoms with E-state index in [0.29, 0.717) is 6.42 Å². The molecule has 3 heteroatoms. The van der Waals surface area contributed by atoms with Crippen molar-refractivity contribution in [1.82, 2.24) is 4.98 Å². The van der Waals surface area contributed by atoms with Gasteiger partial charge in [0, 0.05) is 18.8 Å². The van der Waals surface area contributed by atoms with E-state index in [0.717, 1.165) is 12.0 Å². The minimum Gasteiger partial charge on any atom is -0.481 e. The van der Waals surface area contributed by atoms with Crippen LogP contribution in [0.25, 0.3) is 0 Å². The Balaban J connectivity index is 2.69. The molecule has 1 rings (SSSR count). The predicted molar refractivity (Wildman–Crippen MR) is 49.6 cm³/mol. The van der Waals surface area contributed by atoms with Crippen LogP contribution in [-0.2, 0) is 17.6 Å². The number of hydrogen-bond acceptors (Lipinski definition) is 2. The van der Waals surface area contributed by atoms with Crippen molar-refractivity contribution in [3.05, 3.63) is 29.6 Å². The number of aromatic nitrogens is 1. The van der Waals surface area contributed by atoms with Gasteiger partial charge in [0.2, 0.25) is 0 Å². The van der Waals surface area contributed by atoms with Gasteiger partial charge in [0.05, 0.1) is 0 Å². The Morgan fingerprint density at radius 3 is 2.92 bits per heavy atom. The molecule has 0 atom stereocenters. The third-order valence-corrected chi connectivity index (χ3v) is 1.99. The number of aliphatic carboxylic acids is 1. The molecule has 0 aliphatic rings. The fourth-order valence-electron chi connectivity index (χ4n) is 1.27. The van der Waals surface area contributed by atoms with Crippen LogP contribution >= 0.6 is 0 Å². The summed E-state index contributed by atoms with van der Waals surface area (Å²) >= 11 is 0. The van der Waals surface area contributed by atoms with Crippen molar-refractivity contribution >= 4 is 5.97 Å². The second-order valence-corrected chi connectivity index (χ2v) is 2.89. The molecule has 0 aliphatic heterocycles. The molecule has 1 heterocycles. The molecule has 13 heavy (non-hydrogen) atoms. The molecule has 0 fully saturated rings. The molecule has 0 spiro atoms. The van der Waals surface area contributed by atoms with E-state index in [9.17, 15) is 4.79 Å².